The van der Waals surface area contributed by atoms with Crippen LogP contribution in [0.5, 0.6) is 5.75 Å². The molecule has 116 valence electrons. The molecule has 0 unspecified atom stereocenters. The summed E-state index contributed by atoms with van der Waals surface area (Å²) in [5.74, 6) is -3.76. The average Bonchev–Trinajstić information content (AvgIpc) is 2.78. The number of carbonyl (C=O) groups is 1. The van der Waals surface area contributed by atoms with E-state index in [1.165, 1.54) is 20.3 Å². The molecule has 0 aromatic heterocycles. The van der Waals surface area contributed by atoms with E-state index in [-0.39, 0.29) is 17.2 Å². The number of hydrogen-bond donors (Lipinski definition) is 0. The summed E-state index contributed by atoms with van der Waals surface area (Å²) in [7, 11) is 2.69. The van der Waals surface area contributed by atoms with Crippen LogP contribution in [0.2, 0.25) is 0 Å². The highest BCUT2D eigenvalue weighted by molar-refractivity contribution is 5.82. The first-order valence-corrected chi connectivity index (χ1v) is 6.67. The van der Waals surface area contributed by atoms with Gasteiger partial charge in [-0.1, -0.05) is 19.9 Å². The summed E-state index contributed by atoms with van der Waals surface area (Å²) in [4.78, 5) is 12.1. The van der Waals surface area contributed by atoms with E-state index in [1.54, 1.807) is 0 Å². The van der Waals surface area contributed by atoms with Crippen LogP contribution in [0.4, 0.5) is 8.78 Å². The van der Waals surface area contributed by atoms with Crippen molar-refractivity contribution in [1.29, 1.82) is 0 Å². The number of benzene rings is 1. The Bertz CT molecular complexity index is 545. The Labute approximate surface area is 122 Å². The lowest BCUT2D eigenvalue weighted by atomic mass is 9.88. The molecule has 21 heavy (non-hydrogen) atoms. The minimum atomic E-state index is -1.12. The summed E-state index contributed by atoms with van der Waals surface area (Å²) < 4.78 is 42.8. The van der Waals surface area contributed by atoms with E-state index >= 15 is 0 Å². The number of cyclic esters (lactones) is 1. The molecule has 0 aliphatic carbocycles. The van der Waals surface area contributed by atoms with Gasteiger partial charge in [0.05, 0.1) is 7.11 Å². The Balaban J connectivity index is 2.50. The summed E-state index contributed by atoms with van der Waals surface area (Å²) in [5, 5.41) is 0. The molecule has 4 nitrogen and oxygen atoms in total. The van der Waals surface area contributed by atoms with E-state index in [1.807, 2.05) is 13.8 Å². The predicted molar refractivity (Wildman–Crippen MR) is 71.2 cm³/mol. The molecule has 0 spiro atoms. The van der Waals surface area contributed by atoms with Gasteiger partial charge in [0.1, 0.15) is 18.1 Å². The summed E-state index contributed by atoms with van der Waals surface area (Å²) >= 11 is 0. The molecule has 1 aliphatic rings. The fourth-order valence-electron chi connectivity index (χ4n) is 2.69. The van der Waals surface area contributed by atoms with Crippen molar-refractivity contribution in [2.75, 3.05) is 14.2 Å². The average molecular weight is 300 g/mol. The lowest BCUT2D eigenvalue weighted by molar-refractivity contribution is -0.144. The maximum absolute atomic E-state index is 13.8. The quantitative estimate of drug-likeness (QED) is 0.802. The van der Waals surface area contributed by atoms with Crippen LogP contribution in [0.25, 0.3) is 0 Å². The van der Waals surface area contributed by atoms with Gasteiger partial charge in [0.2, 0.25) is 5.82 Å². The summed E-state index contributed by atoms with van der Waals surface area (Å²) in [6.07, 6.45) is -1.01. The van der Waals surface area contributed by atoms with Gasteiger partial charge in [0, 0.05) is 12.7 Å². The van der Waals surface area contributed by atoms with Crippen molar-refractivity contribution < 1.29 is 27.8 Å². The molecule has 3 atom stereocenters. The van der Waals surface area contributed by atoms with Crippen molar-refractivity contribution in [3.8, 4) is 5.75 Å². The van der Waals surface area contributed by atoms with Gasteiger partial charge >= 0.3 is 5.97 Å². The largest absolute Gasteiger partial charge is 0.493 e. The molecule has 6 heteroatoms. The second-order valence-corrected chi connectivity index (χ2v) is 5.31. The molecule has 1 aliphatic heterocycles. The second-order valence-electron chi connectivity index (χ2n) is 5.31. The highest BCUT2D eigenvalue weighted by atomic mass is 19.2. The number of esters is 1. The van der Waals surface area contributed by atoms with E-state index < -0.39 is 35.7 Å². The molecule has 0 radical (unpaired) electrons. The van der Waals surface area contributed by atoms with Gasteiger partial charge in [-0.3, -0.25) is 4.79 Å². The van der Waals surface area contributed by atoms with Crippen molar-refractivity contribution >= 4 is 5.97 Å². The van der Waals surface area contributed by atoms with Crippen molar-refractivity contribution in [3.05, 3.63) is 29.3 Å². The Kier molecular flexibility index (Phi) is 4.46. The molecule has 1 fully saturated rings. The number of halogens is 2. The highest BCUT2D eigenvalue weighted by Crippen LogP contribution is 2.41. The van der Waals surface area contributed by atoms with E-state index in [2.05, 4.69) is 0 Å². The monoisotopic (exact) mass is 300 g/mol. The fraction of sp³-hybridized carbons (Fsp3) is 0.533. The Morgan fingerprint density at radius 1 is 1.24 bits per heavy atom. The zero-order chi connectivity index (χ0) is 15.7. The fourth-order valence-corrected chi connectivity index (χ4v) is 2.69. The lowest BCUT2D eigenvalue weighted by Gasteiger charge is -2.23. The van der Waals surface area contributed by atoms with Crippen LogP contribution in [-0.4, -0.2) is 32.4 Å². The Morgan fingerprint density at radius 2 is 1.90 bits per heavy atom. The third kappa shape index (κ3) is 2.60. The molecular weight excluding hydrogens is 282 g/mol. The third-order valence-electron chi connectivity index (χ3n) is 3.71. The van der Waals surface area contributed by atoms with Crippen LogP contribution in [0, 0.1) is 17.6 Å². The van der Waals surface area contributed by atoms with Crippen LogP contribution in [0.15, 0.2) is 12.1 Å². The van der Waals surface area contributed by atoms with E-state index in [0.29, 0.717) is 0 Å². The number of ether oxygens (including phenoxy) is 3. The normalized spacial score (nSPS) is 25.3. The summed E-state index contributed by atoms with van der Waals surface area (Å²) in [5.41, 5.74) is 0.233. The zero-order valence-electron chi connectivity index (χ0n) is 12.4. The molecule has 1 saturated heterocycles. The van der Waals surface area contributed by atoms with E-state index in [4.69, 9.17) is 14.2 Å². The maximum Gasteiger partial charge on any atom is 0.316 e. The SMILES string of the molecule is COc1c([C@H]2C(=O)O[C@@H](C(C)C)[C@H]2OC)ccc(F)c1F. The molecular formula is C15H18F2O4. The van der Waals surface area contributed by atoms with E-state index in [0.717, 1.165) is 6.07 Å². The van der Waals surface area contributed by atoms with Crippen molar-refractivity contribution in [1.82, 2.24) is 0 Å². The second kappa shape index (κ2) is 5.97. The molecule has 2 rings (SSSR count). The van der Waals surface area contributed by atoms with Crippen LogP contribution in [-0.2, 0) is 14.3 Å². The number of hydrogen-bond acceptors (Lipinski definition) is 4. The van der Waals surface area contributed by atoms with Gasteiger partial charge in [-0.2, -0.15) is 4.39 Å². The van der Waals surface area contributed by atoms with Gasteiger partial charge < -0.3 is 14.2 Å². The molecule has 0 bridgehead atoms. The topological polar surface area (TPSA) is 44.8 Å². The van der Waals surface area contributed by atoms with Crippen LogP contribution >= 0.6 is 0 Å². The minimum Gasteiger partial charge on any atom is -0.493 e. The summed E-state index contributed by atoms with van der Waals surface area (Å²) in [6, 6.07) is 2.30. The van der Waals surface area contributed by atoms with Gasteiger partial charge in [-0.15, -0.1) is 0 Å². The minimum absolute atomic E-state index is 0.0418. The molecule has 0 saturated carbocycles. The number of rotatable bonds is 4. The van der Waals surface area contributed by atoms with Crippen LogP contribution < -0.4 is 4.74 Å². The predicted octanol–water partition coefficient (Wildman–Crippen LogP) is 2.65. The number of carbonyl (C=O) groups excluding carboxylic acids is 1. The Morgan fingerprint density at radius 3 is 2.43 bits per heavy atom. The van der Waals surface area contributed by atoms with Crippen molar-refractivity contribution in [3.63, 3.8) is 0 Å². The maximum atomic E-state index is 13.8. The van der Waals surface area contributed by atoms with Crippen molar-refractivity contribution in [2.24, 2.45) is 5.92 Å². The zero-order valence-corrected chi connectivity index (χ0v) is 12.4. The standard InChI is InChI=1S/C15H18F2O4/c1-7(2)12-14(20-4)10(15(18)21-12)8-5-6-9(16)11(17)13(8)19-3/h5-7,10,12,14H,1-4H3/t10-,12+,14+/m1/s1. The van der Waals surface area contributed by atoms with Crippen molar-refractivity contribution in [2.45, 2.75) is 32.0 Å². The molecule has 0 N–H and O–H groups in total. The van der Waals surface area contributed by atoms with Gasteiger partial charge in [0.25, 0.3) is 0 Å². The third-order valence-corrected chi connectivity index (χ3v) is 3.71. The van der Waals surface area contributed by atoms with E-state index in [9.17, 15) is 13.6 Å². The van der Waals surface area contributed by atoms with Gasteiger partial charge in [-0.25, -0.2) is 4.39 Å². The Hall–Kier alpha value is -1.69. The van der Waals surface area contributed by atoms with Crippen LogP contribution in [0.1, 0.15) is 25.3 Å². The lowest BCUT2D eigenvalue weighted by Crippen LogP contribution is -2.32. The smallest absolute Gasteiger partial charge is 0.316 e. The molecule has 1 aromatic rings. The first-order chi connectivity index (χ1) is 9.92. The van der Waals surface area contributed by atoms with Gasteiger partial charge in [0.15, 0.2) is 11.6 Å². The first-order valence-electron chi connectivity index (χ1n) is 6.67. The number of methoxy groups -OCH3 is 2. The highest BCUT2D eigenvalue weighted by Gasteiger charge is 2.48. The molecule has 0 amide bonds. The molecule has 1 aromatic carbocycles. The van der Waals surface area contributed by atoms with Gasteiger partial charge in [-0.05, 0) is 12.0 Å². The van der Waals surface area contributed by atoms with Crippen LogP contribution in [0.3, 0.4) is 0 Å². The molecule has 1 heterocycles. The summed E-state index contributed by atoms with van der Waals surface area (Å²) in [6.45, 7) is 3.80. The first kappa shape index (κ1) is 15.7.